The average Bonchev–Trinajstić information content (AvgIpc) is 2.66. The van der Waals surface area contributed by atoms with Gasteiger partial charge in [-0.3, -0.25) is 4.79 Å². The van der Waals surface area contributed by atoms with Gasteiger partial charge in [0.1, 0.15) is 24.5 Å². The Kier molecular flexibility index (Phi) is 12.8. The van der Waals surface area contributed by atoms with Gasteiger partial charge < -0.3 is 19.3 Å². The average molecular weight is 380 g/mol. The van der Waals surface area contributed by atoms with Crippen LogP contribution in [0.15, 0.2) is 24.3 Å². The van der Waals surface area contributed by atoms with Crippen molar-refractivity contribution in [2.75, 3.05) is 26.4 Å². The number of rotatable bonds is 16. The second-order valence-corrected chi connectivity index (χ2v) is 6.35. The first kappa shape index (κ1) is 23.0. The molecule has 0 saturated carbocycles. The van der Waals surface area contributed by atoms with E-state index in [-0.39, 0.29) is 24.7 Å². The van der Waals surface area contributed by atoms with Crippen LogP contribution in [0, 0.1) is 0 Å². The van der Waals surface area contributed by atoms with Crippen molar-refractivity contribution >= 4 is 11.9 Å². The molecule has 1 rings (SSSR count). The first-order valence-corrected chi connectivity index (χ1v) is 9.83. The van der Waals surface area contributed by atoms with Gasteiger partial charge in [0.05, 0.1) is 13.2 Å². The molecule has 0 radical (unpaired) electrons. The summed E-state index contributed by atoms with van der Waals surface area (Å²) in [5.74, 6) is -0.895. The molecular formula is C21H32O6. The van der Waals surface area contributed by atoms with Gasteiger partial charge in [0.2, 0.25) is 0 Å². The maximum atomic E-state index is 11.6. The highest BCUT2D eigenvalue weighted by Gasteiger charge is 2.09. The molecule has 0 unspecified atom stereocenters. The number of ether oxygens (including phenoxy) is 3. The summed E-state index contributed by atoms with van der Waals surface area (Å²) in [5, 5.41) is 9.06. The van der Waals surface area contributed by atoms with Crippen molar-refractivity contribution in [1.29, 1.82) is 0 Å². The summed E-state index contributed by atoms with van der Waals surface area (Å²) in [7, 11) is 0. The van der Waals surface area contributed by atoms with Crippen LogP contribution in [0.4, 0.5) is 0 Å². The Bertz CT molecular complexity index is 543. The van der Waals surface area contributed by atoms with E-state index >= 15 is 0 Å². The Morgan fingerprint density at radius 2 is 1.56 bits per heavy atom. The number of esters is 1. The molecule has 6 nitrogen and oxygen atoms in total. The van der Waals surface area contributed by atoms with E-state index in [2.05, 4.69) is 6.92 Å². The molecule has 152 valence electrons. The fourth-order valence-electron chi connectivity index (χ4n) is 2.59. The van der Waals surface area contributed by atoms with Gasteiger partial charge in [-0.2, -0.15) is 0 Å². The van der Waals surface area contributed by atoms with E-state index in [1.54, 1.807) is 18.2 Å². The molecule has 0 aromatic heterocycles. The molecule has 0 atom stereocenters. The van der Waals surface area contributed by atoms with Crippen molar-refractivity contribution in [3.05, 3.63) is 29.8 Å². The standard InChI is InChI=1S/C21H32O6/c1-2-3-4-5-6-7-8-13-20(22)27-17-15-25-14-16-26-19-12-10-9-11-18(19)21(23)24/h9-12H,2-8,13-17H2,1H3,(H,23,24). The third-order valence-corrected chi connectivity index (χ3v) is 4.08. The predicted octanol–water partition coefficient (Wildman–Crippen LogP) is 4.46. The SMILES string of the molecule is CCCCCCCCCC(=O)OCCOCCOc1ccccc1C(=O)O. The van der Waals surface area contributed by atoms with E-state index in [1.807, 2.05) is 0 Å². The molecule has 27 heavy (non-hydrogen) atoms. The van der Waals surface area contributed by atoms with Crippen LogP contribution < -0.4 is 4.74 Å². The number of carboxylic acids is 1. The highest BCUT2D eigenvalue weighted by Crippen LogP contribution is 2.17. The smallest absolute Gasteiger partial charge is 0.339 e. The molecule has 0 fully saturated rings. The van der Waals surface area contributed by atoms with Crippen molar-refractivity contribution in [3.63, 3.8) is 0 Å². The molecule has 0 amide bonds. The Balaban J connectivity index is 1.97. The molecule has 0 spiro atoms. The molecule has 0 saturated heterocycles. The molecular weight excluding hydrogens is 348 g/mol. The van der Waals surface area contributed by atoms with Crippen LogP contribution >= 0.6 is 0 Å². The van der Waals surface area contributed by atoms with Crippen LogP contribution in [0.2, 0.25) is 0 Å². The molecule has 0 aliphatic heterocycles. The van der Waals surface area contributed by atoms with E-state index in [0.29, 0.717) is 25.4 Å². The van der Waals surface area contributed by atoms with Gasteiger partial charge in [-0.15, -0.1) is 0 Å². The summed E-state index contributed by atoms with van der Waals surface area (Å²) < 4.78 is 15.9. The lowest BCUT2D eigenvalue weighted by atomic mass is 10.1. The van der Waals surface area contributed by atoms with E-state index in [1.165, 1.54) is 38.2 Å². The van der Waals surface area contributed by atoms with Gasteiger partial charge in [-0.1, -0.05) is 57.6 Å². The maximum Gasteiger partial charge on any atom is 0.339 e. The summed E-state index contributed by atoms with van der Waals surface area (Å²) in [6, 6.07) is 6.46. The molecule has 1 N–H and O–H groups in total. The van der Waals surface area contributed by atoms with Gasteiger partial charge in [0.15, 0.2) is 0 Å². The Hall–Kier alpha value is -2.08. The van der Waals surface area contributed by atoms with Crippen molar-refractivity contribution in [2.45, 2.75) is 58.3 Å². The number of carbonyl (C=O) groups excluding carboxylic acids is 1. The summed E-state index contributed by atoms with van der Waals surface area (Å²) in [5.41, 5.74) is 0.122. The third-order valence-electron chi connectivity index (χ3n) is 4.08. The maximum absolute atomic E-state index is 11.6. The number of para-hydroxylation sites is 1. The van der Waals surface area contributed by atoms with Crippen molar-refractivity contribution < 1.29 is 28.9 Å². The van der Waals surface area contributed by atoms with Crippen LogP contribution in [-0.4, -0.2) is 43.5 Å². The molecule has 0 aliphatic rings. The number of hydrogen-bond acceptors (Lipinski definition) is 5. The van der Waals surface area contributed by atoms with Gasteiger partial charge in [-0.05, 0) is 18.6 Å². The summed E-state index contributed by atoms with van der Waals surface area (Å²) in [6.45, 7) is 3.25. The molecule has 0 aliphatic carbocycles. The zero-order chi connectivity index (χ0) is 19.7. The monoisotopic (exact) mass is 380 g/mol. The van der Waals surface area contributed by atoms with Crippen LogP contribution in [-0.2, 0) is 14.3 Å². The highest BCUT2D eigenvalue weighted by molar-refractivity contribution is 5.90. The van der Waals surface area contributed by atoms with Crippen LogP contribution in [0.25, 0.3) is 0 Å². The predicted molar refractivity (Wildman–Crippen MR) is 103 cm³/mol. The Morgan fingerprint density at radius 3 is 2.30 bits per heavy atom. The molecule has 1 aromatic rings. The topological polar surface area (TPSA) is 82.1 Å². The lowest BCUT2D eigenvalue weighted by Crippen LogP contribution is -2.14. The fourth-order valence-corrected chi connectivity index (χ4v) is 2.59. The number of unbranched alkanes of at least 4 members (excludes halogenated alkanes) is 6. The van der Waals surface area contributed by atoms with Crippen LogP contribution in [0.1, 0.15) is 68.6 Å². The minimum atomic E-state index is -1.03. The van der Waals surface area contributed by atoms with Crippen LogP contribution in [0.5, 0.6) is 5.75 Å². The van der Waals surface area contributed by atoms with Gasteiger partial charge in [0, 0.05) is 6.42 Å². The summed E-state index contributed by atoms with van der Waals surface area (Å²) >= 11 is 0. The van der Waals surface area contributed by atoms with E-state index < -0.39 is 5.97 Å². The number of carbonyl (C=O) groups is 2. The summed E-state index contributed by atoms with van der Waals surface area (Å²) in [6.07, 6.45) is 8.66. The van der Waals surface area contributed by atoms with Gasteiger partial charge in [-0.25, -0.2) is 4.79 Å². The second kappa shape index (κ2) is 15.0. The quantitative estimate of drug-likeness (QED) is 0.337. The van der Waals surface area contributed by atoms with Crippen molar-refractivity contribution in [2.24, 2.45) is 0 Å². The largest absolute Gasteiger partial charge is 0.490 e. The first-order chi connectivity index (χ1) is 13.1. The highest BCUT2D eigenvalue weighted by atomic mass is 16.6. The number of hydrogen-bond donors (Lipinski definition) is 1. The Morgan fingerprint density at radius 1 is 0.889 bits per heavy atom. The van der Waals surface area contributed by atoms with Crippen LogP contribution in [0.3, 0.4) is 0 Å². The second-order valence-electron chi connectivity index (χ2n) is 6.35. The van der Waals surface area contributed by atoms with E-state index in [4.69, 9.17) is 19.3 Å². The zero-order valence-corrected chi connectivity index (χ0v) is 16.3. The molecule has 0 heterocycles. The number of carboxylic acid groups (broad SMARTS) is 1. The number of aromatic carboxylic acids is 1. The van der Waals surface area contributed by atoms with Gasteiger partial charge in [0.25, 0.3) is 0 Å². The zero-order valence-electron chi connectivity index (χ0n) is 16.3. The normalized spacial score (nSPS) is 10.6. The minimum absolute atomic E-state index is 0.122. The first-order valence-electron chi connectivity index (χ1n) is 9.83. The van der Waals surface area contributed by atoms with Crippen molar-refractivity contribution in [1.82, 2.24) is 0 Å². The molecule has 0 bridgehead atoms. The van der Waals surface area contributed by atoms with Gasteiger partial charge >= 0.3 is 11.9 Å². The molecule has 6 heteroatoms. The fraction of sp³-hybridized carbons (Fsp3) is 0.619. The summed E-state index contributed by atoms with van der Waals surface area (Å²) in [4.78, 5) is 22.6. The lowest BCUT2D eigenvalue weighted by molar-refractivity contribution is -0.145. The van der Waals surface area contributed by atoms with E-state index in [9.17, 15) is 9.59 Å². The Labute approximate surface area is 161 Å². The minimum Gasteiger partial charge on any atom is -0.490 e. The molecule has 1 aromatic carbocycles. The number of benzene rings is 1. The van der Waals surface area contributed by atoms with E-state index in [0.717, 1.165) is 12.8 Å². The lowest BCUT2D eigenvalue weighted by Gasteiger charge is -2.09. The third kappa shape index (κ3) is 11.3. The van der Waals surface area contributed by atoms with Crippen molar-refractivity contribution in [3.8, 4) is 5.75 Å².